The molecule has 1 fully saturated rings. The Balaban J connectivity index is 2.28. The maximum absolute atomic E-state index is 11.7. The number of hydrogen-bond donors (Lipinski definition) is 2. The molecule has 5 heteroatoms. The van der Waals surface area contributed by atoms with Crippen LogP contribution in [-0.4, -0.2) is 32.1 Å². The van der Waals surface area contributed by atoms with Crippen LogP contribution in [0.1, 0.15) is 25.5 Å². The molecule has 0 bridgehead atoms. The predicted molar refractivity (Wildman–Crippen MR) is 78.7 cm³/mol. The van der Waals surface area contributed by atoms with E-state index in [0.29, 0.717) is 11.6 Å². The fraction of sp³-hybridized carbons (Fsp3) is 0.500. The van der Waals surface area contributed by atoms with E-state index < -0.39 is 0 Å². The van der Waals surface area contributed by atoms with Crippen molar-refractivity contribution in [3.8, 4) is 0 Å². The van der Waals surface area contributed by atoms with Crippen molar-refractivity contribution in [1.82, 2.24) is 10.6 Å². The lowest BCUT2D eigenvalue weighted by Gasteiger charge is -2.35. The maximum atomic E-state index is 11.7. The summed E-state index contributed by atoms with van der Waals surface area (Å²) in [6.07, 6.45) is 0. The highest BCUT2D eigenvalue weighted by Gasteiger charge is 2.26. The molecule has 2 unspecified atom stereocenters. The number of hydrogen-bond acceptors (Lipinski definition) is 3. The van der Waals surface area contributed by atoms with E-state index in [0.717, 1.165) is 17.8 Å². The molecule has 19 heavy (non-hydrogen) atoms. The molecule has 0 aliphatic carbocycles. The summed E-state index contributed by atoms with van der Waals surface area (Å²) >= 11 is 6.38. The van der Waals surface area contributed by atoms with Gasteiger partial charge in [0.1, 0.15) is 6.04 Å². The standard InChI is InChI=1S/C14H20ClN3O/c1-9(16-3)11-4-5-13(12(15)8-11)18-7-6-17-14(19)10(18)2/h4-5,8-10,16H,6-7H2,1-3H3,(H,17,19). The number of nitrogens with one attached hydrogen (secondary N) is 2. The Morgan fingerprint density at radius 1 is 1.53 bits per heavy atom. The van der Waals surface area contributed by atoms with Crippen LogP contribution in [-0.2, 0) is 4.79 Å². The van der Waals surface area contributed by atoms with E-state index in [1.807, 2.05) is 26.1 Å². The number of amides is 1. The molecule has 1 aliphatic heterocycles. The summed E-state index contributed by atoms with van der Waals surface area (Å²) in [6, 6.07) is 6.10. The highest BCUT2D eigenvalue weighted by Crippen LogP contribution is 2.30. The number of piperazine rings is 1. The van der Waals surface area contributed by atoms with Gasteiger partial charge in [-0.3, -0.25) is 4.79 Å². The molecule has 0 spiro atoms. The van der Waals surface area contributed by atoms with Gasteiger partial charge in [-0.15, -0.1) is 0 Å². The molecule has 0 aromatic heterocycles. The second-order valence-electron chi connectivity index (χ2n) is 4.88. The van der Waals surface area contributed by atoms with E-state index in [4.69, 9.17) is 11.6 Å². The van der Waals surface area contributed by atoms with Crippen LogP contribution in [0.2, 0.25) is 5.02 Å². The average molecular weight is 282 g/mol. The Bertz CT molecular complexity index is 478. The Labute approximate surface area is 119 Å². The van der Waals surface area contributed by atoms with Crippen molar-refractivity contribution in [3.63, 3.8) is 0 Å². The van der Waals surface area contributed by atoms with Crippen molar-refractivity contribution in [1.29, 1.82) is 0 Å². The minimum absolute atomic E-state index is 0.0509. The third-order valence-electron chi connectivity index (χ3n) is 3.71. The minimum Gasteiger partial charge on any atom is -0.357 e. The van der Waals surface area contributed by atoms with Crippen molar-refractivity contribution >= 4 is 23.2 Å². The molecule has 104 valence electrons. The van der Waals surface area contributed by atoms with E-state index in [1.54, 1.807) is 0 Å². The van der Waals surface area contributed by atoms with Crippen molar-refractivity contribution in [3.05, 3.63) is 28.8 Å². The van der Waals surface area contributed by atoms with Crippen LogP contribution in [0.3, 0.4) is 0 Å². The van der Waals surface area contributed by atoms with Crippen LogP contribution < -0.4 is 15.5 Å². The van der Waals surface area contributed by atoms with E-state index in [2.05, 4.69) is 28.5 Å². The second-order valence-corrected chi connectivity index (χ2v) is 5.29. The Morgan fingerprint density at radius 2 is 2.26 bits per heavy atom. The number of carbonyl (C=O) groups is 1. The molecule has 1 amide bonds. The molecule has 1 aromatic carbocycles. The Kier molecular flexibility index (Phi) is 4.32. The molecule has 2 rings (SSSR count). The van der Waals surface area contributed by atoms with Crippen LogP contribution >= 0.6 is 11.6 Å². The number of benzene rings is 1. The number of rotatable bonds is 3. The first kappa shape index (κ1) is 14.2. The number of anilines is 1. The molecule has 0 saturated carbocycles. The fourth-order valence-electron chi connectivity index (χ4n) is 2.30. The summed E-state index contributed by atoms with van der Waals surface area (Å²) in [4.78, 5) is 13.8. The van der Waals surface area contributed by atoms with Gasteiger partial charge in [-0.25, -0.2) is 0 Å². The van der Waals surface area contributed by atoms with Crippen LogP contribution in [0.4, 0.5) is 5.69 Å². The summed E-state index contributed by atoms with van der Waals surface area (Å²) in [5.41, 5.74) is 2.07. The highest BCUT2D eigenvalue weighted by atomic mass is 35.5. The van der Waals surface area contributed by atoms with Gasteiger partial charge < -0.3 is 15.5 Å². The first-order valence-corrected chi connectivity index (χ1v) is 6.93. The quantitative estimate of drug-likeness (QED) is 0.890. The van der Waals surface area contributed by atoms with Crippen LogP contribution in [0.25, 0.3) is 0 Å². The third-order valence-corrected chi connectivity index (χ3v) is 4.02. The number of nitrogens with zero attached hydrogens (tertiary/aromatic N) is 1. The monoisotopic (exact) mass is 281 g/mol. The Morgan fingerprint density at radius 3 is 2.89 bits per heavy atom. The van der Waals surface area contributed by atoms with Gasteiger partial charge in [0.15, 0.2) is 0 Å². The molecular formula is C14H20ClN3O. The smallest absolute Gasteiger partial charge is 0.242 e. The topological polar surface area (TPSA) is 44.4 Å². The zero-order valence-electron chi connectivity index (χ0n) is 11.5. The maximum Gasteiger partial charge on any atom is 0.242 e. The van der Waals surface area contributed by atoms with Gasteiger partial charge >= 0.3 is 0 Å². The van der Waals surface area contributed by atoms with Gasteiger partial charge in [0.25, 0.3) is 0 Å². The zero-order valence-corrected chi connectivity index (χ0v) is 12.3. The van der Waals surface area contributed by atoms with Crippen LogP contribution in [0.15, 0.2) is 18.2 Å². The molecule has 2 N–H and O–H groups in total. The lowest BCUT2D eigenvalue weighted by molar-refractivity contribution is -0.122. The summed E-state index contributed by atoms with van der Waals surface area (Å²) in [7, 11) is 1.92. The summed E-state index contributed by atoms with van der Waals surface area (Å²) in [5, 5.41) is 6.74. The van der Waals surface area contributed by atoms with E-state index in [9.17, 15) is 4.79 Å². The van der Waals surface area contributed by atoms with Gasteiger partial charge in [-0.1, -0.05) is 17.7 Å². The SMILES string of the molecule is CNC(C)c1ccc(N2CCNC(=O)C2C)c(Cl)c1. The first-order valence-electron chi connectivity index (χ1n) is 6.55. The normalized spacial score (nSPS) is 21.2. The third kappa shape index (κ3) is 2.85. The minimum atomic E-state index is -0.182. The Hall–Kier alpha value is -1.26. The van der Waals surface area contributed by atoms with Gasteiger partial charge in [0.05, 0.1) is 10.7 Å². The van der Waals surface area contributed by atoms with E-state index in [1.165, 1.54) is 0 Å². The second kappa shape index (κ2) is 5.80. The van der Waals surface area contributed by atoms with E-state index in [-0.39, 0.29) is 18.0 Å². The van der Waals surface area contributed by atoms with Gasteiger partial charge in [-0.05, 0) is 38.6 Å². The predicted octanol–water partition coefficient (Wildman–Crippen LogP) is 1.95. The number of carbonyl (C=O) groups excluding carboxylic acids is 1. The molecule has 1 heterocycles. The van der Waals surface area contributed by atoms with Crippen molar-refractivity contribution in [2.24, 2.45) is 0 Å². The molecular weight excluding hydrogens is 262 g/mol. The molecule has 4 nitrogen and oxygen atoms in total. The van der Waals surface area contributed by atoms with Crippen LogP contribution in [0.5, 0.6) is 0 Å². The van der Waals surface area contributed by atoms with E-state index >= 15 is 0 Å². The summed E-state index contributed by atoms with van der Waals surface area (Å²) in [5.74, 6) is 0.0509. The van der Waals surface area contributed by atoms with Crippen molar-refractivity contribution in [2.45, 2.75) is 25.9 Å². The van der Waals surface area contributed by atoms with Gasteiger partial charge in [-0.2, -0.15) is 0 Å². The first-order chi connectivity index (χ1) is 9.04. The lowest BCUT2D eigenvalue weighted by Crippen LogP contribution is -2.54. The van der Waals surface area contributed by atoms with Crippen molar-refractivity contribution in [2.75, 3.05) is 25.0 Å². The molecule has 1 aromatic rings. The summed E-state index contributed by atoms with van der Waals surface area (Å²) < 4.78 is 0. The number of halogens is 1. The molecule has 1 aliphatic rings. The van der Waals surface area contributed by atoms with Crippen molar-refractivity contribution < 1.29 is 4.79 Å². The molecule has 2 atom stereocenters. The summed E-state index contributed by atoms with van der Waals surface area (Å²) in [6.45, 7) is 5.43. The lowest BCUT2D eigenvalue weighted by atomic mass is 10.1. The molecule has 1 saturated heterocycles. The average Bonchev–Trinajstić information content (AvgIpc) is 2.41. The largest absolute Gasteiger partial charge is 0.357 e. The fourth-order valence-corrected chi connectivity index (χ4v) is 2.60. The highest BCUT2D eigenvalue weighted by molar-refractivity contribution is 6.33. The zero-order chi connectivity index (χ0) is 14.0. The van der Waals surface area contributed by atoms with Gasteiger partial charge in [0.2, 0.25) is 5.91 Å². The van der Waals surface area contributed by atoms with Gasteiger partial charge in [0, 0.05) is 19.1 Å². The van der Waals surface area contributed by atoms with Crippen LogP contribution in [0, 0.1) is 0 Å². The molecule has 0 radical (unpaired) electrons.